The molecule has 0 saturated carbocycles. The van der Waals surface area contributed by atoms with E-state index in [1.54, 1.807) is 17.2 Å². The number of carbonyl (C=O) groups is 3. The first-order chi connectivity index (χ1) is 10.2. The van der Waals surface area contributed by atoms with Crippen molar-refractivity contribution in [3.8, 4) is 0 Å². The van der Waals surface area contributed by atoms with Crippen LogP contribution in [0.25, 0.3) is 0 Å². The quantitative estimate of drug-likeness (QED) is 0.430. The lowest BCUT2D eigenvalue weighted by molar-refractivity contribution is -0.130. The zero-order valence-corrected chi connectivity index (χ0v) is 13.2. The van der Waals surface area contributed by atoms with Crippen molar-refractivity contribution in [2.45, 2.75) is 30.1 Å². The Hall–Kier alpha value is -1.41. The molecule has 0 N–H and O–H groups in total. The molecule has 0 aromatic carbocycles. The zero-order valence-electron chi connectivity index (χ0n) is 11.6. The second-order valence-electron chi connectivity index (χ2n) is 4.40. The normalized spacial score (nSPS) is 18.0. The average Bonchev–Trinajstić information content (AvgIpc) is 3.07. The van der Waals surface area contributed by atoms with E-state index in [1.807, 2.05) is 0 Å². The highest BCUT2D eigenvalue weighted by Gasteiger charge is 2.29. The summed E-state index contributed by atoms with van der Waals surface area (Å²) in [6.45, 7) is 2.58. The van der Waals surface area contributed by atoms with E-state index in [0.29, 0.717) is 37.4 Å². The molecule has 1 fully saturated rings. The summed E-state index contributed by atoms with van der Waals surface area (Å²) in [7, 11) is 0. The van der Waals surface area contributed by atoms with Gasteiger partial charge in [0.2, 0.25) is 5.91 Å². The summed E-state index contributed by atoms with van der Waals surface area (Å²) >= 11 is 2.84. The van der Waals surface area contributed by atoms with Crippen molar-refractivity contribution in [2.24, 2.45) is 0 Å². The van der Waals surface area contributed by atoms with E-state index < -0.39 is 5.97 Å². The molecule has 1 aromatic rings. The summed E-state index contributed by atoms with van der Waals surface area (Å²) in [6.07, 6.45) is 1.88. The smallest absolute Gasteiger partial charge is 0.357 e. The van der Waals surface area contributed by atoms with Crippen LogP contribution >= 0.6 is 23.1 Å². The van der Waals surface area contributed by atoms with Crippen LogP contribution in [-0.2, 0) is 14.3 Å². The second kappa shape index (κ2) is 7.56. The third-order valence-corrected chi connectivity index (χ3v) is 5.06. The monoisotopic (exact) mass is 328 g/mol. The van der Waals surface area contributed by atoms with Crippen LogP contribution in [-0.4, -0.2) is 53.0 Å². The molecule has 21 heavy (non-hydrogen) atoms. The lowest BCUT2D eigenvalue weighted by atomic mass is 10.2. The van der Waals surface area contributed by atoms with Gasteiger partial charge in [-0.2, -0.15) is 0 Å². The lowest BCUT2D eigenvalue weighted by Crippen LogP contribution is -2.35. The maximum Gasteiger partial charge on any atom is 0.357 e. The Labute approximate surface area is 130 Å². The summed E-state index contributed by atoms with van der Waals surface area (Å²) in [5.74, 6) is 0.252. The Kier molecular flexibility index (Phi) is 5.75. The van der Waals surface area contributed by atoms with Crippen LogP contribution in [0.4, 0.5) is 0 Å². The summed E-state index contributed by atoms with van der Waals surface area (Å²) in [5, 5.41) is 1.66. The Bertz CT molecular complexity index is 532. The first kappa shape index (κ1) is 16.0. The van der Waals surface area contributed by atoms with Crippen molar-refractivity contribution in [1.29, 1.82) is 0 Å². The van der Waals surface area contributed by atoms with Gasteiger partial charge in [-0.25, -0.2) is 9.78 Å². The van der Waals surface area contributed by atoms with Gasteiger partial charge in [0.05, 0.1) is 12.6 Å². The fraction of sp³-hybridized carbons (Fsp3) is 0.538. The molecular weight excluding hydrogens is 312 g/mol. The Morgan fingerprint density at radius 1 is 1.67 bits per heavy atom. The summed E-state index contributed by atoms with van der Waals surface area (Å²) in [4.78, 5) is 39.8. The van der Waals surface area contributed by atoms with E-state index in [4.69, 9.17) is 4.74 Å². The van der Waals surface area contributed by atoms with E-state index in [1.165, 1.54) is 23.1 Å². The van der Waals surface area contributed by atoms with E-state index in [2.05, 4.69) is 4.98 Å². The predicted molar refractivity (Wildman–Crippen MR) is 79.6 cm³/mol. The number of esters is 1. The van der Waals surface area contributed by atoms with Gasteiger partial charge < -0.3 is 14.4 Å². The molecule has 1 aliphatic heterocycles. The van der Waals surface area contributed by atoms with Gasteiger partial charge in [0, 0.05) is 24.1 Å². The maximum absolute atomic E-state index is 11.6. The van der Waals surface area contributed by atoms with Gasteiger partial charge in [-0.1, -0.05) is 11.8 Å². The van der Waals surface area contributed by atoms with Crippen molar-refractivity contribution in [1.82, 2.24) is 9.88 Å². The van der Waals surface area contributed by atoms with E-state index in [0.717, 1.165) is 10.6 Å². The first-order valence-corrected chi connectivity index (χ1v) is 8.52. The molecule has 8 heteroatoms. The highest BCUT2D eigenvalue weighted by Crippen LogP contribution is 2.24. The molecule has 1 saturated heterocycles. The van der Waals surface area contributed by atoms with Gasteiger partial charge in [0.15, 0.2) is 10.0 Å². The van der Waals surface area contributed by atoms with Crippen molar-refractivity contribution in [2.75, 3.05) is 18.9 Å². The number of thiazole rings is 1. The number of likely N-dealkylation sites (tertiary alicyclic amines) is 1. The van der Waals surface area contributed by atoms with Gasteiger partial charge in [0.1, 0.15) is 6.29 Å². The third-order valence-electron chi connectivity index (χ3n) is 3.06. The van der Waals surface area contributed by atoms with Crippen molar-refractivity contribution >= 4 is 41.3 Å². The second-order valence-corrected chi connectivity index (χ2v) is 6.60. The molecular formula is C13H16N2O4S2. The maximum atomic E-state index is 11.6. The number of thioether (sulfide) groups is 1. The fourth-order valence-corrected chi connectivity index (χ4v) is 3.85. The van der Waals surface area contributed by atoms with Crippen LogP contribution in [0.15, 0.2) is 9.72 Å². The number of aromatic nitrogens is 1. The van der Waals surface area contributed by atoms with E-state index in [9.17, 15) is 14.4 Å². The topological polar surface area (TPSA) is 76.6 Å². The van der Waals surface area contributed by atoms with Crippen LogP contribution in [0.2, 0.25) is 0 Å². The molecule has 2 rings (SSSR count). The van der Waals surface area contributed by atoms with Crippen LogP contribution in [0.5, 0.6) is 0 Å². The largest absolute Gasteiger partial charge is 0.461 e. The first-order valence-electron chi connectivity index (χ1n) is 6.66. The van der Waals surface area contributed by atoms with Gasteiger partial charge >= 0.3 is 5.97 Å². The zero-order chi connectivity index (χ0) is 15.2. The lowest BCUT2D eigenvalue weighted by Gasteiger charge is -2.19. The van der Waals surface area contributed by atoms with Crippen molar-refractivity contribution in [3.63, 3.8) is 0 Å². The number of nitrogens with zero attached hydrogens (tertiary/aromatic N) is 2. The van der Waals surface area contributed by atoms with Crippen LogP contribution in [0, 0.1) is 0 Å². The fourth-order valence-electron chi connectivity index (χ4n) is 2.04. The van der Waals surface area contributed by atoms with Gasteiger partial charge in [-0.3, -0.25) is 4.79 Å². The number of ether oxygens (including phenoxy) is 1. The van der Waals surface area contributed by atoms with Crippen molar-refractivity contribution < 1.29 is 19.1 Å². The SMILES string of the molecule is CCOC(=O)c1csc(SCCN2C(=O)CC[C@@H]2C=O)n1. The molecule has 0 aliphatic carbocycles. The summed E-state index contributed by atoms with van der Waals surface area (Å²) in [5.41, 5.74) is 0.312. The van der Waals surface area contributed by atoms with E-state index >= 15 is 0 Å². The van der Waals surface area contributed by atoms with Crippen molar-refractivity contribution in [3.05, 3.63) is 11.1 Å². The van der Waals surface area contributed by atoms with Crippen LogP contribution in [0.3, 0.4) is 0 Å². The Morgan fingerprint density at radius 2 is 2.48 bits per heavy atom. The Morgan fingerprint density at radius 3 is 3.19 bits per heavy atom. The molecule has 0 radical (unpaired) electrons. The molecule has 0 unspecified atom stereocenters. The minimum atomic E-state index is -0.420. The minimum Gasteiger partial charge on any atom is -0.461 e. The summed E-state index contributed by atoms with van der Waals surface area (Å²) in [6, 6.07) is -0.288. The number of rotatable bonds is 7. The highest BCUT2D eigenvalue weighted by molar-refractivity contribution is 8.01. The molecule has 1 aromatic heterocycles. The number of aldehydes is 1. The summed E-state index contributed by atoms with van der Waals surface area (Å²) < 4.78 is 5.63. The van der Waals surface area contributed by atoms with Gasteiger partial charge in [-0.15, -0.1) is 11.3 Å². The molecule has 1 atom stereocenters. The molecule has 1 aliphatic rings. The molecule has 0 bridgehead atoms. The van der Waals surface area contributed by atoms with E-state index in [-0.39, 0.29) is 11.9 Å². The van der Waals surface area contributed by atoms with Gasteiger partial charge in [0.25, 0.3) is 0 Å². The third kappa shape index (κ3) is 4.04. The number of hydrogen-bond acceptors (Lipinski definition) is 7. The number of amides is 1. The highest BCUT2D eigenvalue weighted by atomic mass is 32.2. The van der Waals surface area contributed by atoms with Crippen LogP contribution < -0.4 is 0 Å². The van der Waals surface area contributed by atoms with Crippen LogP contribution in [0.1, 0.15) is 30.3 Å². The standard InChI is InChI=1S/C13H16N2O4S2/c1-2-19-12(18)10-8-21-13(14-10)20-6-5-15-9(7-16)3-4-11(15)17/h7-9H,2-6H2,1H3/t9-/m1/s1. The number of carbonyl (C=O) groups excluding carboxylic acids is 3. The average molecular weight is 328 g/mol. The predicted octanol–water partition coefficient (Wildman–Crippen LogP) is 1.60. The molecule has 114 valence electrons. The minimum absolute atomic E-state index is 0.0269. The molecule has 0 spiro atoms. The molecule has 2 heterocycles. The molecule has 6 nitrogen and oxygen atoms in total. The van der Waals surface area contributed by atoms with Gasteiger partial charge in [-0.05, 0) is 13.3 Å². The number of hydrogen-bond donors (Lipinski definition) is 0. The Balaban J connectivity index is 1.82. The molecule has 1 amide bonds.